The lowest BCUT2D eigenvalue weighted by Gasteiger charge is -2.19. The molecule has 1 N–H and O–H groups in total. The minimum absolute atomic E-state index is 0.0435. The van der Waals surface area contributed by atoms with Crippen LogP contribution in [0.2, 0.25) is 0 Å². The SMILES string of the molecule is CCCCc1nc2cc(NC(=O)C(C)C)c(C)nc2n1Cc1ccc(-c2ccccc2OC(=O)OC(C)(C)C)cc1. The summed E-state index contributed by atoms with van der Waals surface area (Å²) in [6.45, 7) is 13.8. The number of unbranched alkanes of at least 4 members (excludes halogenated alkanes) is 1. The Morgan fingerprint density at radius 3 is 2.39 bits per heavy atom. The van der Waals surface area contributed by atoms with Gasteiger partial charge in [0.15, 0.2) is 5.65 Å². The number of pyridine rings is 1. The van der Waals surface area contributed by atoms with E-state index in [2.05, 4.69) is 28.9 Å². The zero-order valence-electron chi connectivity index (χ0n) is 25.1. The molecule has 0 spiro atoms. The van der Waals surface area contributed by atoms with Crippen LogP contribution in [-0.2, 0) is 22.5 Å². The average Bonchev–Trinajstić information content (AvgIpc) is 3.22. The lowest BCUT2D eigenvalue weighted by molar-refractivity contribution is -0.118. The number of carbonyl (C=O) groups is 2. The van der Waals surface area contributed by atoms with Crippen molar-refractivity contribution in [2.75, 3.05) is 5.32 Å². The molecule has 0 fully saturated rings. The van der Waals surface area contributed by atoms with Crippen LogP contribution in [0, 0.1) is 12.8 Å². The van der Waals surface area contributed by atoms with Crippen molar-refractivity contribution in [3.8, 4) is 16.9 Å². The summed E-state index contributed by atoms with van der Waals surface area (Å²) in [6.07, 6.45) is 2.19. The van der Waals surface area contributed by atoms with Gasteiger partial charge in [-0.25, -0.2) is 14.8 Å². The van der Waals surface area contributed by atoms with E-state index in [1.165, 1.54) is 0 Å². The first-order valence-electron chi connectivity index (χ1n) is 14.2. The summed E-state index contributed by atoms with van der Waals surface area (Å²) in [7, 11) is 0. The molecular weight excluding hydrogens is 516 g/mol. The molecule has 4 aromatic rings. The van der Waals surface area contributed by atoms with Gasteiger partial charge in [0.05, 0.1) is 17.9 Å². The Morgan fingerprint density at radius 2 is 1.73 bits per heavy atom. The lowest BCUT2D eigenvalue weighted by Crippen LogP contribution is -2.26. The van der Waals surface area contributed by atoms with E-state index in [0.29, 0.717) is 18.0 Å². The highest BCUT2D eigenvalue weighted by Gasteiger charge is 2.20. The fourth-order valence-corrected chi connectivity index (χ4v) is 4.41. The van der Waals surface area contributed by atoms with Crippen molar-refractivity contribution in [1.29, 1.82) is 0 Å². The minimum Gasteiger partial charge on any atom is -0.428 e. The first-order valence-corrected chi connectivity index (χ1v) is 14.2. The number of hydrogen-bond donors (Lipinski definition) is 1. The van der Waals surface area contributed by atoms with Crippen molar-refractivity contribution in [1.82, 2.24) is 14.5 Å². The molecule has 0 radical (unpaired) electrons. The highest BCUT2D eigenvalue weighted by molar-refractivity contribution is 5.94. The molecule has 1 amide bonds. The summed E-state index contributed by atoms with van der Waals surface area (Å²) in [5, 5.41) is 2.98. The molecule has 0 saturated carbocycles. The Balaban J connectivity index is 1.62. The van der Waals surface area contributed by atoms with Crippen LogP contribution in [0.25, 0.3) is 22.3 Å². The fraction of sp³-hybridized carbons (Fsp3) is 0.394. The maximum absolute atomic E-state index is 12.3. The lowest BCUT2D eigenvalue weighted by atomic mass is 10.0. The molecule has 8 nitrogen and oxygen atoms in total. The Kier molecular flexibility index (Phi) is 9.11. The van der Waals surface area contributed by atoms with Gasteiger partial charge in [0.1, 0.15) is 22.7 Å². The summed E-state index contributed by atoms with van der Waals surface area (Å²) in [5.41, 5.74) is 5.20. The molecule has 2 aromatic heterocycles. The Bertz CT molecular complexity index is 1530. The second kappa shape index (κ2) is 12.5. The van der Waals surface area contributed by atoms with Crippen LogP contribution in [-0.4, -0.2) is 32.2 Å². The van der Waals surface area contributed by atoms with Crippen LogP contribution in [0.3, 0.4) is 0 Å². The predicted molar refractivity (Wildman–Crippen MR) is 162 cm³/mol. The van der Waals surface area contributed by atoms with Crippen molar-refractivity contribution < 1.29 is 19.1 Å². The number of para-hydroxylation sites is 1. The molecule has 0 aliphatic carbocycles. The van der Waals surface area contributed by atoms with E-state index < -0.39 is 11.8 Å². The number of imidazole rings is 1. The number of nitrogens with one attached hydrogen (secondary N) is 1. The van der Waals surface area contributed by atoms with E-state index in [-0.39, 0.29) is 11.8 Å². The van der Waals surface area contributed by atoms with Gasteiger partial charge >= 0.3 is 6.16 Å². The van der Waals surface area contributed by atoms with Crippen LogP contribution < -0.4 is 10.1 Å². The highest BCUT2D eigenvalue weighted by atomic mass is 16.7. The second-order valence-electron chi connectivity index (χ2n) is 11.6. The summed E-state index contributed by atoms with van der Waals surface area (Å²) < 4.78 is 13.0. The van der Waals surface area contributed by atoms with Crippen LogP contribution >= 0.6 is 0 Å². The van der Waals surface area contributed by atoms with Crippen LogP contribution in [0.15, 0.2) is 54.6 Å². The van der Waals surface area contributed by atoms with Gasteiger partial charge in [0.25, 0.3) is 0 Å². The Labute approximate surface area is 242 Å². The van der Waals surface area contributed by atoms with Crippen molar-refractivity contribution >= 4 is 28.9 Å². The first kappa shape index (κ1) is 29.8. The topological polar surface area (TPSA) is 95.3 Å². The normalized spacial score (nSPS) is 11.6. The second-order valence-corrected chi connectivity index (χ2v) is 11.6. The third kappa shape index (κ3) is 7.51. The van der Waals surface area contributed by atoms with Crippen LogP contribution in [0.4, 0.5) is 10.5 Å². The van der Waals surface area contributed by atoms with E-state index in [1.54, 1.807) is 26.8 Å². The number of nitrogens with zero attached hydrogens (tertiary/aromatic N) is 3. The third-order valence-electron chi connectivity index (χ3n) is 6.60. The Morgan fingerprint density at radius 1 is 1.02 bits per heavy atom. The molecule has 0 saturated heterocycles. The van der Waals surface area contributed by atoms with Crippen molar-refractivity contribution in [2.24, 2.45) is 5.92 Å². The predicted octanol–water partition coefficient (Wildman–Crippen LogP) is 7.71. The standard InChI is InChI=1S/C33H40N4O4/c1-8-9-14-29-35-27-19-26(36-31(38)21(2)3)22(4)34-30(27)37(29)20-23-15-17-24(18-16-23)25-12-10-11-13-28(25)40-32(39)41-33(5,6)7/h10-13,15-19,21H,8-9,14,20H2,1-7H3,(H,36,38). The zero-order chi connectivity index (χ0) is 29.7. The molecular formula is C33H40N4O4. The largest absolute Gasteiger partial charge is 0.514 e. The van der Waals surface area contributed by atoms with Gasteiger partial charge in [-0.05, 0) is 57.4 Å². The molecule has 0 atom stereocenters. The molecule has 2 aromatic carbocycles. The van der Waals surface area contributed by atoms with E-state index in [1.807, 2.05) is 57.2 Å². The summed E-state index contributed by atoms with van der Waals surface area (Å²) >= 11 is 0. The van der Waals surface area contributed by atoms with Gasteiger partial charge in [-0.15, -0.1) is 0 Å². The quantitative estimate of drug-likeness (QED) is 0.168. The van der Waals surface area contributed by atoms with Crippen molar-refractivity contribution in [2.45, 2.75) is 79.9 Å². The van der Waals surface area contributed by atoms with Gasteiger partial charge in [0.2, 0.25) is 5.91 Å². The number of amides is 1. The van der Waals surface area contributed by atoms with Crippen LogP contribution in [0.1, 0.15) is 71.5 Å². The van der Waals surface area contributed by atoms with Gasteiger partial charge in [-0.2, -0.15) is 0 Å². The number of fused-ring (bicyclic) bond motifs is 1. The number of rotatable bonds is 9. The highest BCUT2D eigenvalue weighted by Crippen LogP contribution is 2.31. The number of aryl methyl sites for hydroxylation is 2. The maximum Gasteiger partial charge on any atom is 0.514 e. The van der Waals surface area contributed by atoms with Gasteiger partial charge in [-0.3, -0.25) is 4.79 Å². The number of hydrogen-bond acceptors (Lipinski definition) is 6. The molecule has 0 bridgehead atoms. The zero-order valence-corrected chi connectivity index (χ0v) is 25.1. The monoisotopic (exact) mass is 556 g/mol. The molecule has 0 aliphatic heterocycles. The van der Waals surface area contributed by atoms with Gasteiger partial charge in [-0.1, -0.05) is 69.7 Å². The van der Waals surface area contributed by atoms with Crippen molar-refractivity contribution in [3.63, 3.8) is 0 Å². The minimum atomic E-state index is -0.733. The van der Waals surface area contributed by atoms with E-state index in [4.69, 9.17) is 19.4 Å². The first-order chi connectivity index (χ1) is 19.4. The number of anilines is 1. The van der Waals surface area contributed by atoms with Gasteiger partial charge in [0, 0.05) is 17.9 Å². The number of ether oxygens (including phenoxy) is 2. The number of carbonyl (C=O) groups excluding carboxylic acids is 2. The van der Waals surface area contributed by atoms with E-state index >= 15 is 0 Å². The van der Waals surface area contributed by atoms with Gasteiger partial charge < -0.3 is 19.4 Å². The third-order valence-corrected chi connectivity index (χ3v) is 6.60. The molecule has 216 valence electrons. The smallest absolute Gasteiger partial charge is 0.428 e. The molecule has 4 rings (SSSR count). The summed E-state index contributed by atoms with van der Waals surface area (Å²) in [5.74, 6) is 1.25. The maximum atomic E-state index is 12.3. The molecule has 0 aliphatic rings. The molecule has 2 heterocycles. The average molecular weight is 557 g/mol. The van der Waals surface area contributed by atoms with E-state index in [9.17, 15) is 9.59 Å². The number of benzene rings is 2. The summed E-state index contributed by atoms with van der Waals surface area (Å²) in [4.78, 5) is 34.4. The molecule has 8 heteroatoms. The molecule has 0 unspecified atom stereocenters. The Hall–Kier alpha value is -4.20. The molecule has 41 heavy (non-hydrogen) atoms. The van der Waals surface area contributed by atoms with E-state index in [0.717, 1.165) is 58.6 Å². The number of aromatic nitrogens is 3. The van der Waals surface area contributed by atoms with Crippen LogP contribution in [0.5, 0.6) is 5.75 Å². The fourth-order valence-electron chi connectivity index (χ4n) is 4.41. The van der Waals surface area contributed by atoms with Crippen molar-refractivity contribution in [3.05, 3.63) is 71.7 Å². The summed E-state index contributed by atoms with van der Waals surface area (Å²) in [6, 6.07) is 17.5.